The van der Waals surface area contributed by atoms with Gasteiger partial charge in [-0.2, -0.15) is 0 Å². The molecule has 5 nitrogen and oxygen atoms in total. The molecular weight excluding hydrogens is 301 g/mol. The molecule has 1 saturated heterocycles. The summed E-state index contributed by atoms with van der Waals surface area (Å²) in [5.41, 5.74) is -0.743. The summed E-state index contributed by atoms with van der Waals surface area (Å²) in [6.07, 6.45) is 2.65. The Hall–Kier alpha value is -2.11. The van der Waals surface area contributed by atoms with Gasteiger partial charge < -0.3 is 14.7 Å². The summed E-state index contributed by atoms with van der Waals surface area (Å²) in [6, 6.07) is 5.63. The van der Waals surface area contributed by atoms with Crippen LogP contribution in [0.25, 0.3) is 0 Å². The molecule has 1 N–H and O–H groups in total. The molecule has 0 spiro atoms. The normalized spacial score (nSPS) is 26.1. The Labute approximate surface area is 134 Å². The zero-order valence-electron chi connectivity index (χ0n) is 12.8. The van der Waals surface area contributed by atoms with E-state index < -0.39 is 11.4 Å². The first-order valence-corrected chi connectivity index (χ1v) is 7.91. The molecule has 1 saturated carbocycles. The third-order valence-electron chi connectivity index (χ3n) is 5.05. The van der Waals surface area contributed by atoms with Gasteiger partial charge in [-0.05, 0) is 43.0 Å². The molecule has 0 aromatic heterocycles. The molecule has 1 aromatic carbocycles. The molecule has 2 atom stereocenters. The van der Waals surface area contributed by atoms with Gasteiger partial charge in [0.05, 0.1) is 18.4 Å². The molecule has 1 amide bonds. The van der Waals surface area contributed by atoms with Gasteiger partial charge in [-0.3, -0.25) is 9.59 Å². The van der Waals surface area contributed by atoms with Crippen LogP contribution in [0.5, 0.6) is 5.75 Å². The molecule has 2 fully saturated rings. The first-order chi connectivity index (χ1) is 11.0. The van der Waals surface area contributed by atoms with Gasteiger partial charge >= 0.3 is 5.97 Å². The van der Waals surface area contributed by atoms with Gasteiger partial charge in [0, 0.05) is 13.1 Å². The Morgan fingerprint density at radius 1 is 1.35 bits per heavy atom. The van der Waals surface area contributed by atoms with Crippen molar-refractivity contribution in [2.75, 3.05) is 19.7 Å². The highest BCUT2D eigenvalue weighted by Gasteiger charge is 2.55. The van der Waals surface area contributed by atoms with Crippen molar-refractivity contribution >= 4 is 11.9 Å². The quantitative estimate of drug-likeness (QED) is 0.904. The largest absolute Gasteiger partial charge is 0.493 e. The number of aliphatic carboxylic acids is 1. The van der Waals surface area contributed by atoms with E-state index in [2.05, 4.69) is 0 Å². The number of rotatable bonds is 5. The number of likely N-dealkylation sites (tertiary alicyclic amines) is 1. The van der Waals surface area contributed by atoms with Crippen molar-refractivity contribution in [2.45, 2.75) is 25.7 Å². The number of carbonyl (C=O) groups excluding carboxylic acids is 1. The molecule has 2 aliphatic rings. The molecule has 1 aliphatic carbocycles. The van der Waals surface area contributed by atoms with Crippen LogP contribution in [0, 0.1) is 17.2 Å². The van der Waals surface area contributed by atoms with Gasteiger partial charge in [-0.25, -0.2) is 4.39 Å². The number of halogens is 1. The average molecular weight is 321 g/mol. The van der Waals surface area contributed by atoms with Crippen LogP contribution in [0.15, 0.2) is 24.3 Å². The minimum atomic E-state index is -0.780. The van der Waals surface area contributed by atoms with Crippen molar-refractivity contribution < 1.29 is 23.8 Å². The zero-order valence-corrected chi connectivity index (χ0v) is 12.8. The predicted molar refractivity (Wildman–Crippen MR) is 80.5 cm³/mol. The SMILES string of the molecule is O=C(CCOc1ccc(F)cc1)N1C[C@@H]2CCC[C@@]2(C(=O)O)C1. The summed E-state index contributed by atoms with van der Waals surface area (Å²) in [4.78, 5) is 25.5. The molecule has 1 aromatic rings. The molecule has 124 valence electrons. The van der Waals surface area contributed by atoms with E-state index in [0.29, 0.717) is 25.3 Å². The fraction of sp³-hybridized carbons (Fsp3) is 0.529. The van der Waals surface area contributed by atoms with E-state index in [1.807, 2.05) is 0 Å². The number of amides is 1. The summed E-state index contributed by atoms with van der Waals surface area (Å²) in [7, 11) is 0. The number of carboxylic acids is 1. The van der Waals surface area contributed by atoms with Crippen LogP contribution in [0.1, 0.15) is 25.7 Å². The topological polar surface area (TPSA) is 66.8 Å². The van der Waals surface area contributed by atoms with Crippen molar-refractivity contribution in [1.82, 2.24) is 4.90 Å². The molecule has 1 heterocycles. The maximum atomic E-state index is 12.8. The maximum Gasteiger partial charge on any atom is 0.311 e. The standard InChI is InChI=1S/C17H20FNO4/c18-13-3-5-14(6-4-13)23-9-7-15(20)19-10-12-2-1-8-17(12,11-19)16(21)22/h3-6,12H,1-2,7-11H2,(H,21,22)/t12-,17+/m0/s1. The summed E-state index contributed by atoms with van der Waals surface area (Å²) in [5.74, 6) is -0.613. The van der Waals surface area contributed by atoms with Crippen molar-refractivity contribution in [3.05, 3.63) is 30.1 Å². The Morgan fingerprint density at radius 3 is 2.74 bits per heavy atom. The molecule has 6 heteroatoms. The second-order valence-electron chi connectivity index (χ2n) is 6.38. The number of carboxylic acid groups (broad SMARTS) is 1. The van der Waals surface area contributed by atoms with Crippen molar-refractivity contribution in [2.24, 2.45) is 11.3 Å². The number of hydrogen-bond acceptors (Lipinski definition) is 3. The molecule has 1 aliphatic heterocycles. The van der Waals surface area contributed by atoms with Crippen LogP contribution in [0.3, 0.4) is 0 Å². The van der Waals surface area contributed by atoms with E-state index in [-0.39, 0.29) is 30.7 Å². The monoisotopic (exact) mass is 321 g/mol. The van der Waals surface area contributed by atoms with E-state index in [0.717, 1.165) is 12.8 Å². The summed E-state index contributed by atoms with van der Waals surface area (Å²) in [6.45, 7) is 1.04. The second kappa shape index (κ2) is 6.18. The first kappa shape index (κ1) is 15.8. The van der Waals surface area contributed by atoms with Crippen LogP contribution in [-0.4, -0.2) is 41.6 Å². The third kappa shape index (κ3) is 3.02. The van der Waals surface area contributed by atoms with Crippen LogP contribution in [0.4, 0.5) is 4.39 Å². The fourth-order valence-electron chi connectivity index (χ4n) is 3.77. The fourth-order valence-corrected chi connectivity index (χ4v) is 3.77. The molecule has 0 bridgehead atoms. The van der Waals surface area contributed by atoms with E-state index in [1.54, 1.807) is 4.90 Å². The lowest BCUT2D eigenvalue weighted by Gasteiger charge is -2.23. The second-order valence-corrected chi connectivity index (χ2v) is 6.38. The lowest BCUT2D eigenvalue weighted by molar-refractivity contribution is -0.149. The number of hydrogen-bond donors (Lipinski definition) is 1. The smallest absolute Gasteiger partial charge is 0.311 e. The highest BCUT2D eigenvalue weighted by Crippen LogP contribution is 2.48. The Bertz CT molecular complexity index is 603. The highest BCUT2D eigenvalue weighted by molar-refractivity contribution is 5.81. The molecular formula is C17H20FNO4. The van der Waals surface area contributed by atoms with Gasteiger partial charge in [-0.15, -0.1) is 0 Å². The lowest BCUT2D eigenvalue weighted by Crippen LogP contribution is -2.37. The predicted octanol–water partition coefficient (Wildman–Crippen LogP) is 2.31. The van der Waals surface area contributed by atoms with E-state index in [9.17, 15) is 19.1 Å². The lowest BCUT2D eigenvalue weighted by atomic mass is 9.81. The van der Waals surface area contributed by atoms with Gasteiger partial charge in [0.2, 0.25) is 5.91 Å². The van der Waals surface area contributed by atoms with Crippen LogP contribution >= 0.6 is 0 Å². The average Bonchev–Trinajstić information content (AvgIpc) is 3.07. The third-order valence-corrected chi connectivity index (χ3v) is 5.05. The van der Waals surface area contributed by atoms with Crippen LogP contribution < -0.4 is 4.74 Å². The number of nitrogens with zero attached hydrogens (tertiary/aromatic N) is 1. The zero-order chi connectivity index (χ0) is 16.4. The first-order valence-electron chi connectivity index (χ1n) is 7.91. The summed E-state index contributed by atoms with van der Waals surface area (Å²) < 4.78 is 18.2. The van der Waals surface area contributed by atoms with E-state index in [1.165, 1.54) is 24.3 Å². The minimum absolute atomic E-state index is 0.0713. The van der Waals surface area contributed by atoms with Gasteiger partial charge in [0.1, 0.15) is 11.6 Å². The van der Waals surface area contributed by atoms with Crippen LogP contribution in [0.2, 0.25) is 0 Å². The van der Waals surface area contributed by atoms with Gasteiger partial charge in [-0.1, -0.05) is 6.42 Å². The Morgan fingerprint density at radius 2 is 2.09 bits per heavy atom. The molecule has 23 heavy (non-hydrogen) atoms. The Balaban J connectivity index is 1.51. The molecule has 3 rings (SSSR count). The summed E-state index contributed by atoms with van der Waals surface area (Å²) >= 11 is 0. The number of benzene rings is 1. The molecule has 0 radical (unpaired) electrons. The van der Waals surface area contributed by atoms with Crippen molar-refractivity contribution in [3.63, 3.8) is 0 Å². The van der Waals surface area contributed by atoms with Crippen molar-refractivity contribution in [3.8, 4) is 5.75 Å². The highest BCUT2D eigenvalue weighted by atomic mass is 19.1. The maximum absolute atomic E-state index is 12.8. The number of ether oxygens (including phenoxy) is 1. The van der Waals surface area contributed by atoms with Gasteiger partial charge in [0.25, 0.3) is 0 Å². The molecule has 0 unspecified atom stereocenters. The number of fused-ring (bicyclic) bond motifs is 1. The van der Waals surface area contributed by atoms with Crippen molar-refractivity contribution in [1.29, 1.82) is 0 Å². The number of carbonyl (C=O) groups is 2. The summed E-state index contributed by atoms with van der Waals surface area (Å²) in [5, 5.41) is 9.53. The Kier molecular flexibility index (Phi) is 4.24. The van der Waals surface area contributed by atoms with Crippen LogP contribution in [-0.2, 0) is 9.59 Å². The van der Waals surface area contributed by atoms with E-state index in [4.69, 9.17) is 4.74 Å². The van der Waals surface area contributed by atoms with Gasteiger partial charge in [0.15, 0.2) is 0 Å². The minimum Gasteiger partial charge on any atom is -0.493 e. The van der Waals surface area contributed by atoms with E-state index >= 15 is 0 Å².